The first-order chi connectivity index (χ1) is 17.0. The molecule has 4 heterocycles. The quantitative estimate of drug-likeness (QED) is 0.652. The van der Waals surface area contributed by atoms with E-state index in [-0.39, 0.29) is 36.6 Å². The van der Waals surface area contributed by atoms with Crippen LogP contribution in [0.5, 0.6) is 5.75 Å². The Morgan fingerprint density at radius 2 is 2.00 bits per heavy atom. The molecule has 0 aliphatic carbocycles. The van der Waals surface area contributed by atoms with E-state index in [9.17, 15) is 28.3 Å². The van der Waals surface area contributed by atoms with E-state index < -0.39 is 52.0 Å². The predicted molar refractivity (Wildman–Crippen MR) is 123 cm³/mol. The van der Waals surface area contributed by atoms with Crippen LogP contribution >= 0.6 is 0 Å². The third kappa shape index (κ3) is 3.43. The van der Waals surface area contributed by atoms with E-state index in [0.29, 0.717) is 12.8 Å². The number of nitrogens with two attached hydrogens (primary N) is 1. The molecule has 2 fully saturated rings. The molecule has 2 saturated heterocycles. The molecule has 2 aromatic rings. The Kier molecular flexibility index (Phi) is 5.65. The Morgan fingerprint density at radius 3 is 2.67 bits per heavy atom. The number of primary amides is 1. The molecule has 192 valence electrons. The maximum atomic E-state index is 14.4. The summed E-state index contributed by atoms with van der Waals surface area (Å²) in [5.41, 5.74) is 2.87. The van der Waals surface area contributed by atoms with Crippen LogP contribution in [0.15, 0.2) is 29.2 Å². The second kappa shape index (κ2) is 8.36. The Morgan fingerprint density at radius 1 is 1.28 bits per heavy atom. The van der Waals surface area contributed by atoms with E-state index in [4.69, 9.17) is 10.6 Å². The van der Waals surface area contributed by atoms with Crippen molar-refractivity contribution in [3.05, 3.63) is 63.1 Å². The summed E-state index contributed by atoms with van der Waals surface area (Å²) in [5, 5.41) is 12.3. The molecule has 1 aromatic carbocycles. The molecule has 10 nitrogen and oxygen atoms in total. The van der Waals surface area contributed by atoms with E-state index in [1.54, 1.807) is 9.96 Å². The molecule has 2 bridgehead atoms. The predicted octanol–water partition coefficient (Wildman–Crippen LogP) is 1.53. The summed E-state index contributed by atoms with van der Waals surface area (Å²) in [6.45, 7) is 3.96. The van der Waals surface area contributed by atoms with Crippen LogP contribution in [0.25, 0.3) is 0 Å². The van der Waals surface area contributed by atoms with Gasteiger partial charge in [0.15, 0.2) is 17.2 Å². The summed E-state index contributed by atoms with van der Waals surface area (Å²) in [6, 6.07) is 2.48. The van der Waals surface area contributed by atoms with E-state index in [2.05, 4.69) is 0 Å². The highest BCUT2D eigenvalue weighted by molar-refractivity contribution is 5.99. The molecule has 2 amide bonds. The molecule has 4 atom stereocenters. The zero-order valence-electron chi connectivity index (χ0n) is 20.1. The minimum Gasteiger partial charge on any atom is -0.503 e. The van der Waals surface area contributed by atoms with Gasteiger partial charge in [0.25, 0.3) is 11.8 Å². The van der Waals surface area contributed by atoms with Gasteiger partial charge in [-0.15, -0.1) is 0 Å². The van der Waals surface area contributed by atoms with Gasteiger partial charge in [0, 0.05) is 30.4 Å². The molecule has 1 unspecified atom stereocenters. The fourth-order valence-corrected chi connectivity index (χ4v) is 5.58. The number of rotatable bonds is 3. The third-order valence-electron chi connectivity index (χ3n) is 7.81. The van der Waals surface area contributed by atoms with Crippen LogP contribution in [0, 0.1) is 11.6 Å². The average molecular weight is 504 g/mol. The number of hydrogen-bond donors (Lipinski definition) is 2. The van der Waals surface area contributed by atoms with Crippen molar-refractivity contribution in [3.63, 3.8) is 0 Å². The second-order valence-corrected chi connectivity index (χ2v) is 9.69. The summed E-state index contributed by atoms with van der Waals surface area (Å²) < 4.78 is 29.3. The third-order valence-corrected chi connectivity index (χ3v) is 7.81. The number of carbonyl (C=O) groups is 2. The number of aromatic hydroxyl groups is 1. The molecule has 5 rings (SSSR count). The van der Waals surface area contributed by atoms with Crippen LogP contribution in [-0.4, -0.2) is 67.9 Å². The largest absolute Gasteiger partial charge is 0.503 e. The van der Waals surface area contributed by atoms with Gasteiger partial charge in [0.1, 0.15) is 17.2 Å². The highest BCUT2D eigenvalue weighted by Crippen LogP contribution is 2.48. The smallest absolute Gasteiger partial charge is 0.274 e. The van der Waals surface area contributed by atoms with Gasteiger partial charge in [-0.1, -0.05) is 6.07 Å². The minimum absolute atomic E-state index is 0.0269. The Labute approximate surface area is 205 Å². The lowest BCUT2D eigenvalue weighted by atomic mass is 9.94. The van der Waals surface area contributed by atoms with Crippen molar-refractivity contribution in [3.8, 4) is 5.75 Å². The monoisotopic (exact) mass is 503 g/mol. The summed E-state index contributed by atoms with van der Waals surface area (Å²) >= 11 is 0. The van der Waals surface area contributed by atoms with Crippen molar-refractivity contribution in [2.75, 3.05) is 13.6 Å². The van der Waals surface area contributed by atoms with Gasteiger partial charge in [-0.05, 0) is 39.8 Å². The number of amides is 2. The molecule has 12 heteroatoms. The molecule has 3 aliphatic rings. The SMILES string of the molecule is CC1N(Cc2ccc(F)cc2F)O[C@@]2(CC[C@H](C)N3C[C@H]2n2cc(C(N)=O)c(=O)c(O)c2C3=O)N1C. The maximum Gasteiger partial charge on any atom is 0.274 e. The second-order valence-electron chi connectivity index (χ2n) is 9.69. The van der Waals surface area contributed by atoms with Crippen molar-refractivity contribution >= 4 is 11.8 Å². The summed E-state index contributed by atoms with van der Waals surface area (Å²) in [7, 11) is 1.83. The van der Waals surface area contributed by atoms with Crippen LogP contribution < -0.4 is 11.2 Å². The van der Waals surface area contributed by atoms with Crippen molar-refractivity contribution < 1.29 is 28.3 Å². The van der Waals surface area contributed by atoms with E-state index in [0.717, 1.165) is 6.07 Å². The highest BCUT2D eigenvalue weighted by atomic mass is 19.1. The number of hydrogen-bond acceptors (Lipinski definition) is 7. The Balaban J connectivity index is 1.63. The van der Waals surface area contributed by atoms with E-state index >= 15 is 0 Å². The standard InChI is InChI=1S/C24H27F2N5O5/c1-12-6-7-24(28(3)13(2)31(36-24)9-14-4-5-15(25)8-17(14)26)18-11-29(12)23(35)19-21(33)20(32)16(22(27)34)10-30(18)19/h4-5,8,10,12-13,18,33H,6-7,9,11H2,1-3H3,(H2,27,34)/t12-,13?,18+,24+/m0/s1. The highest BCUT2D eigenvalue weighted by Gasteiger charge is 2.58. The molecule has 36 heavy (non-hydrogen) atoms. The van der Waals surface area contributed by atoms with Crippen molar-refractivity contribution in [2.24, 2.45) is 5.73 Å². The molecular weight excluding hydrogens is 476 g/mol. The Hall–Kier alpha value is -3.35. The molecule has 0 saturated carbocycles. The van der Waals surface area contributed by atoms with Crippen LogP contribution in [0.1, 0.15) is 59.1 Å². The first-order valence-corrected chi connectivity index (χ1v) is 11.7. The van der Waals surface area contributed by atoms with Gasteiger partial charge >= 0.3 is 0 Å². The lowest BCUT2D eigenvalue weighted by Crippen LogP contribution is -2.57. The van der Waals surface area contributed by atoms with Gasteiger partial charge < -0.3 is 20.3 Å². The van der Waals surface area contributed by atoms with Gasteiger partial charge in [-0.2, -0.15) is 5.06 Å². The van der Waals surface area contributed by atoms with Crippen LogP contribution in [0.4, 0.5) is 8.78 Å². The van der Waals surface area contributed by atoms with Gasteiger partial charge in [0.2, 0.25) is 5.43 Å². The van der Waals surface area contributed by atoms with Crippen LogP contribution in [0.2, 0.25) is 0 Å². The van der Waals surface area contributed by atoms with Crippen molar-refractivity contribution in [1.29, 1.82) is 0 Å². The fraction of sp³-hybridized carbons (Fsp3) is 0.458. The molecule has 1 spiro atoms. The summed E-state index contributed by atoms with van der Waals surface area (Å²) in [6.07, 6.45) is 1.84. The summed E-state index contributed by atoms with van der Waals surface area (Å²) in [5.74, 6) is -3.77. The van der Waals surface area contributed by atoms with Crippen molar-refractivity contribution in [1.82, 2.24) is 19.4 Å². The number of carbonyl (C=O) groups excluding carboxylic acids is 2. The first-order valence-electron chi connectivity index (χ1n) is 11.7. The minimum atomic E-state index is -1.08. The fourth-order valence-electron chi connectivity index (χ4n) is 5.58. The Bertz CT molecular complexity index is 1330. The average Bonchev–Trinajstić information content (AvgIpc) is 2.97. The molecular formula is C24H27F2N5O5. The number of nitrogens with zero attached hydrogens (tertiary/aromatic N) is 4. The molecule has 0 radical (unpaired) electrons. The lowest BCUT2D eigenvalue weighted by Gasteiger charge is -2.45. The topological polar surface area (TPSA) is 121 Å². The van der Waals surface area contributed by atoms with Gasteiger partial charge in [-0.25, -0.2) is 8.78 Å². The number of fused-ring (bicyclic) bond motifs is 5. The van der Waals surface area contributed by atoms with Crippen molar-refractivity contribution in [2.45, 2.75) is 57.2 Å². The number of hydroxylamine groups is 2. The van der Waals surface area contributed by atoms with Crippen LogP contribution in [0.3, 0.4) is 0 Å². The number of benzene rings is 1. The number of likely N-dealkylation sites (N-methyl/N-ethyl adjacent to an activating group) is 1. The molecule has 3 aliphatic heterocycles. The van der Waals surface area contributed by atoms with Gasteiger partial charge in [-0.3, -0.25) is 24.1 Å². The number of halogens is 2. The van der Waals surface area contributed by atoms with E-state index in [1.165, 1.54) is 22.9 Å². The zero-order valence-corrected chi connectivity index (χ0v) is 20.1. The first kappa shape index (κ1) is 24.3. The summed E-state index contributed by atoms with van der Waals surface area (Å²) in [4.78, 5) is 48.0. The van der Waals surface area contributed by atoms with Gasteiger partial charge in [0.05, 0.1) is 18.8 Å². The lowest BCUT2D eigenvalue weighted by molar-refractivity contribution is -0.238. The molecule has 1 aromatic heterocycles. The molecule has 3 N–H and O–H groups in total. The maximum absolute atomic E-state index is 14.4. The van der Waals surface area contributed by atoms with E-state index in [1.807, 2.05) is 25.8 Å². The zero-order chi connectivity index (χ0) is 26.1. The van der Waals surface area contributed by atoms with Crippen LogP contribution in [-0.2, 0) is 11.4 Å². The number of pyridine rings is 1. The normalized spacial score (nSPS) is 28.4. The number of aromatic nitrogens is 1.